The second kappa shape index (κ2) is 6.26. The molecule has 112 valence electrons. The first-order valence-corrected chi connectivity index (χ1v) is 7.79. The number of anilines is 2. The van der Waals surface area contributed by atoms with Gasteiger partial charge in [-0.1, -0.05) is 26.8 Å². The molecular weight excluding hydrogens is 282 g/mol. The molecule has 0 aliphatic carbocycles. The van der Waals surface area contributed by atoms with Crippen molar-refractivity contribution in [1.29, 1.82) is 0 Å². The number of hydrogen-bond acceptors (Lipinski definition) is 4. The Hall–Kier alpha value is -1.88. The number of rotatable bonds is 4. The van der Waals surface area contributed by atoms with Crippen LogP contribution in [0.15, 0.2) is 29.6 Å². The van der Waals surface area contributed by atoms with Gasteiger partial charge in [0.1, 0.15) is 5.01 Å². The lowest BCUT2D eigenvalue weighted by molar-refractivity contribution is -0.114. The van der Waals surface area contributed by atoms with Crippen molar-refractivity contribution in [3.63, 3.8) is 0 Å². The molecule has 1 aromatic carbocycles. The summed E-state index contributed by atoms with van der Waals surface area (Å²) >= 11 is 1.67. The predicted octanol–water partition coefficient (Wildman–Crippen LogP) is 4.01. The Morgan fingerprint density at radius 3 is 2.62 bits per heavy atom. The van der Waals surface area contributed by atoms with E-state index in [1.165, 1.54) is 6.92 Å². The number of amides is 1. The van der Waals surface area contributed by atoms with Crippen molar-refractivity contribution in [2.45, 2.75) is 39.7 Å². The van der Waals surface area contributed by atoms with Crippen LogP contribution in [0.3, 0.4) is 0 Å². The summed E-state index contributed by atoms with van der Waals surface area (Å²) in [5.41, 5.74) is 2.96. The topological polar surface area (TPSA) is 54.0 Å². The van der Waals surface area contributed by atoms with E-state index in [0.29, 0.717) is 6.54 Å². The first-order chi connectivity index (χ1) is 9.84. The van der Waals surface area contributed by atoms with E-state index >= 15 is 0 Å². The number of carbonyl (C=O) groups is 1. The summed E-state index contributed by atoms with van der Waals surface area (Å²) in [5, 5.41) is 9.29. The first-order valence-electron chi connectivity index (χ1n) is 6.91. The van der Waals surface area contributed by atoms with Gasteiger partial charge >= 0.3 is 0 Å². The highest BCUT2D eigenvalue weighted by molar-refractivity contribution is 7.09. The van der Waals surface area contributed by atoms with Crippen molar-refractivity contribution < 1.29 is 4.79 Å². The van der Waals surface area contributed by atoms with Crippen molar-refractivity contribution in [3.05, 3.63) is 40.3 Å². The third-order valence-electron chi connectivity index (χ3n) is 2.95. The Bertz CT molecular complexity index is 628. The number of nitrogens with one attached hydrogen (secondary N) is 2. The standard InChI is InChI=1S/C16H21N3OS/c1-11(20)18-13-7-5-6-12(8-13)17-9-15-19-14(10-21-15)16(2,3)4/h5-8,10,17H,9H2,1-4H3,(H,18,20). The number of nitrogens with zero attached hydrogens (tertiary/aromatic N) is 1. The fraction of sp³-hybridized carbons (Fsp3) is 0.375. The van der Waals surface area contributed by atoms with E-state index in [4.69, 9.17) is 0 Å². The van der Waals surface area contributed by atoms with E-state index in [9.17, 15) is 4.79 Å². The minimum absolute atomic E-state index is 0.0677. The van der Waals surface area contributed by atoms with E-state index in [-0.39, 0.29) is 11.3 Å². The van der Waals surface area contributed by atoms with E-state index in [2.05, 4.69) is 41.8 Å². The molecule has 0 atom stereocenters. The molecule has 2 N–H and O–H groups in total. The number of hydrogen-bond donors (Lipinski definition) is 2. The average molecular weight is 303 g/mol. The first kappa shape index (κ1) is 15.5. The van der Waals surface area contributed by atoms with Crippen LogP contribution in [0.4, 0.5) is 11.4 Å². The molecule has 0 radical (unpaired) electrons. The SMILES string of the molecule is CC(=O)Nc1cccc(NCc2nc(C(C)(C)C)cs2)c1. The Morgan fingerprint density at radius 1 is 1.29 bits per heavy atom. The number of thiazole rings is 1. The van der Waals surface area contributed by atoms with Crippen molar-refractivity contribution in [2.75, 3.05) is 10.6 Å². The lowest BCUT2D eigenvalue weighted by Gasteiger charge is -2.14. The van der Waals surface area contributed by atoms with Crippen molar-refractivity contribution in [1.82, 2.24) is 4.98 Å². The van der Waals surface area contributed by atoms with Gasteiger partial charge in [-0.2, -0.15) is 0 Å². The van der Waals surface area contributed by atoms with Crippen LogP contribution in [-0.4, -0.2) is 10.9 Å². The summed E-state index contributed by atoms with van der Waals surface area (Å²) in [5.74, 6) is -0.0677. The van der Waals surface area contributed by atoms with Crippen LogP contribution in [0, 0.1) is 0 Å². The molecule has 0 bridgehead atoms. The molecule has 2 rings (SSSR count). The third-order valence-corrected chi connectivity index (χ3v) is 3.80. The van der Waals surface area contributed by atoms with Gasteiger partial charge < -0.3 is 10.6 Å². The highest BCUT2D eigenvalue weighted by Crippen LogP contribution is 2.24. The zero-order chi connectivity index (χ0) is 15.5. The number of aromatic nitrogens is 1. The van der Waals surface area contributed by atoms with Crippen LogP contribution in [0.5, 0.6) is 0 Å². The van der Waals surface area contributed by atoms with Crippen LogP contribution >= 0.6 is 11.3 Å². The van der Waals surface area contributed by atoms with Gasteiger partial charge in [0.2, 0.25) is 5.91 Å². The third kappa shape index (κ3) is 4.56. The van der Waals surface area contributed by atoms with Gasteiger partial charge in [-0.05, 0) is 18.2 Å². The molecular formula is C16H21N3OS. The van der Waals surface area contributed by atoms with Gasteiger partial charge in [0.25, 0.3) is 0 Å². The van der Waals surface area contributed by atoms with Crippen molar-refractivity contribution >= 4 is 28.6 Å². The Balaban J connectivity index is 2.00. The minimum Gasteiger partial charge on any atom is -0.378 e. The van der Waals surface area contributed by atoms with Crippen LogP contribution in [0.2, 0.25) is 0 Å². The van der Waals surface area contributed by atoms with Crippen LogP contribution in [0.25, 0.3) is 0 Å². The summed E-state index contributed by atoms with van der Waals surface area (Å²) < 4.78 is 0. The van der Waals surface area contributed by atoms with E-state index in [0.717, 1.165) is 22.1 Å². The molecule has 4 nitrogen and oxygen atoms in total. The van der Waals surface area contributed by atoms with Gasteiger partial charge in [0.05, 0.1) is 12.2 Å². The van der Waals surface area contributed by atoms with E-state index < -0.39 is 0 Å². The Kier molecular flexibility index (Phi) is 4.63. The van der Waals surface area contributed by atoms with Gasteiger partial charge in [-0.25, -0.2) is 4.98 Å². The predicted molar refractivity (Wildman–Crippen MR) is 88.9 cm³/mol. The molecule has 1 aromatic heterocycles. The van der Waals surface area contributed by atoms with Crippen LogP contribution in [0.1, 0.15) is 38.4 Å². The fourth-order valence-corrected chi connectivity index (χ4v) is 2.78. The fourth-order valence-electron chi connectivity index (χ4n) is 1.82. The zero-order valence-corrected chi connectivity index (χ0v) is 13.7. The maximum Gasteiger partial charge on any atom is 0.221 e. The zero-order valence-electron chi connectivity index (χ0n) is 12.9. The monoisotopic (exact) mass is 303 g/mol. The van der Waals surface area contributed by atoms with Gasteiger partial charge in [0, 0.05) is 29.1 Å². The minimum atomic E-state index is -0.0677. The smallest absolute Gasteiger partial charge is 0.221 e. The van der Waals surface area contributed by atoms with Gasteiger partial charge in [-0.3, -0.25) is 4.79 Å². The highest BCUT2D eigenvalue weighted by Gasteiger charge is 2.17. The molecule has 0 saturated carbocycles. The maximum absolute atomic E-state index is 11.1. The molecule has 0 aliphatic rings. The van der Waals surface area contributed by atoms with Crippen LogP contribution < -0.4 is 10.6 Å². The van der Waals surface area contributed by atoms with Gasteiger partial charge in [0.15, 0.2) is 0 Å². The molecule has 1 heterocycles. The quantitative estimate of drug-likeness (QED) is 0.897. The number of benzene rings is 1. The summed E-state index contributed by atoms with van der Waals surface area (Å²) in [6, 6.07) is 7.67. The normalized spacial score (nSPS) is 11.2. The Morgan fingerprint density at radius 2 is 2.00 bits per heavy atom. The van der Waals surface area contributed by atoms with Crippen molar-refractivity contribution in [2.24, 2.45) is 0 Å². The maximum atomic E-state index is 11.1. The molecule has 0 aliphatic heterocycles. The molecule has 0 spiro atoms. The van der Waals surface area contributed by atoms with E-state index in [1.807, 2.05) is 24.3 Å². The molecule has 5 heteroatoms. The Labute approximate surface area is 129 Å². The largest absolute Gasteiger partial charge is 0.378 e. The van der Waals surface area contributed by atoms with Crippen molar-refractivity contribution in [3.8, 4) is 0 Å². The van der Waals surface area contributed by atoms with Gasteiger partial charge in [-0.15, -0.1) is 11.3 Å². The van der Waals surface area contributed by atoms with Crippen LogP contribution in [-0.2, 0) is 16.8 Å². The summed E-state index contributed by atoms with van der Waals surface area (Å²) in [7, 11) is 0. The lowest BCUT2D eigenvalue weighted by atomic mass is 9.93. The molecule has 21 heavy (non-hydrogen) atoms. The summed E-state index contributed by atoms with van der Waals surface area (Å²) in [4.78, 5) is 15.7. The average Bonchev–Trinajstić information content (AvgIpc) is 2.84. The molecule has 0 unspecified atom stereocenters. The van der Waals surface area contributed by atoms with E-state index in [1.54, 1.807) is 11.3 Å². The summed E-state index contributed by atoms with van der Waals surface area (Å²) in [6.45, 7) is 8.68. The lowest BCUT2D eigenvalue weighted by Crippen LogP contribution is -2.12. The molecule has 0 saturated heterocycles. The molecule has 1 amide bonds. The molecule has 0 fully saturated rings. The second-order valence-corrected chi connectivity index (χ2v) is 6.93. The number of carbonyl (C=O) groups excluding carboxylic acids is 1. The highest BCUT2D eigenvalue weighted by atomic mass is 32.1. The summed E-state index contributed by atoms with van der Waals surface area (Å²) in [6.07, 6.45) is 0. The molecule has 2 aromatic rings. The second-order valence-electron chi connectivity index (χ2n) is 5.99.